The topological polar surface area (TPSA) is 65.5 Å². The lowest BCUT2D eigenvalue weighted by atomic mass is 10.2. The Morgan fingerprint density at radius 3 is 3.12 bits per heavy atom. The second-order valence-corrected chi connectivity index (χ2v) is 3.93. The van der Waals surface area contributed by atoms with E-state index in [0.717, 1.165) is 19.5 Å². The van der Waals surface area contributed by atoms with Crippen LogP contribution in [0.3, 0.4) is 0 Å². The van der Waals surface area contributed by atoms with Gasteiger partial charge >= 0.3 is 0 Å². The number of carbonyl (C=O) groups is 1. The smallest absolute Gasteiger partial charge is 0.276 e. The van der Waals surface area contributed by atoms with E-state index < -0.39 is 0 Å². The van der Waals surface area contributed by atoms with Gasteiger partial charge in [0.25, 0.3) is 5.91 Å². The Morgan fingerprint density at radius 2 is 2.50 bits per heavy atom. The second-order valence-electron chi connectivity index (χ2n) is 3.93. The predicted molar refractivity (Wildman–Crippen MR) is 59.3 cm³/mol. The monoisotopic (exact) mass is 221 g/mol. The van der Waals surface area contributed by atoms with Crippen LogP contribution >= 0.6 is 0 Å². The maximum atomic E-state index is 12.0. The Kier molecular flexibility index (Phi) is 3.05. The fourth-order valence-electron chi connectivity index (χ4n) is 1.86. The van der Waals surface area contributed by atoms with Gasteiger partial charge in [0.05, 0.1) is 0 Å². The average Bonchev–Trinajstić information content (AvgIpc) is 2.81. The summed E-state index contributed by atoms with van der Waals surface area (Å²) in [4.78, 5) is 17.6. The molecule has 0 aromatic carbocycles. The maximum absolute atomic E-state index is 12.0. The Balaban J connectivity index is 2.15. The van der Waals surface area contributed by atoms with Gasteiger partial charge in [-0.1, -0.05) is 0 Å². The second kappa shape index (κ2) is 4.49. The number of rotatable bonds is 2. The minimum absolute atomic E-state index is 0.0645. The molecule has 1 saturated heterocycles. The molecule has 2 heterocycles. The number of carbonyl (C=O) groups excluding carboxylic acids is 1. The third-order valence-electron chi connectivity index (χ3n) is 2.89. The molecule has 0 saturated carbocycles. The van der Waals surface area contributed by atoms with E-state index in [0.29, 0.717) is 0 Å². The standard InChI is InChI=1S/C11H15N3O2/c1-14(8-4-6-12-7-8)11(16)10-9(15)3-2-5-13-10/h2-3,5,8,12,15H,4,6-7H2,1H3. The first-order valence-corrected chi connectivity index (χ1v) is 5.32. The van der Waals surface area contributed by atoms with Gasteiger partial charge < -0.3 is 15.3 Å². The van der Waals surface area contributed by atoms with E-state index in [4.69, 9.17) is 0 Å². The molecule has 1 amide bonds. The number of nitrogens with zero attached hydrogens (tertiary/aromatic N) is 2. The largest absolute Gasteiger partial charge is 0.505 e. The van der Waals surface area contributed by atoms with E-state index in [-0.39, 0.29) is 23.4 Å². The zero-order valence-electron chi connectivity index (χ0n) is 9.18. The normalized spacial score (nSPS) is 19.7. The molecule has 16 heavy (non-hydrogen) atoms. The molecule has 5 nitrogen and oxygen atoms in total. The highest BCUT2D eigenvalue weighted by Crippen LogP contribution is 2.17. The third kappa shape index (κ3) is 1.99. The van der Waals surface area contributed by atoms with Crippen molar-refractivity contribution in [1.29, 1.82) is 0 Å². The number of hydrogen-bond acceptors (Lipinski definition) is 4. The van der Waals surface area contributed by atoms with Gasteiger partial charge in [-0.15, -0.1) is 0 Å². The predicted octanol–water partition coefficient (Wildman–Crippen LogP) is 0.221. The summed E-state index contributed by atoms with van der Waals surface area (Å²) in [6.07, 6.45) is 2.45. The van der Waals surface area contributed by atoms with Crippen molar-refractivity contribution in [2.75, 3.05) is 20.1 Å². The van der Waals surface area contributed by atoms with Gasteiger partial charge in [-0.3, -0.25) is 4.79 Å². The van der Waals surface area contributed by atoms with Crippen LogP contribution in [0.25, 0.3) is 0 Å². The third-order valence-corrected chi connectivity index (χ3v) is 2.89. The Hall–Kier alpha value is -1.62. The molecule has 1 aliphatic rings. The summed E-state index contributed by atoms with van der Waals surface area (Å²) in [6.45, 7) is 1.73. The van der Waals surface area contributed by atoms with Crippen molar-refractivity contribution in [3.8, 4) is 5.75 Å². The number of aromatic nitrogens is 1. The molecule has 86 valence electrons. The molecule has 5 heteroatoms. The molecule has 1 fully saturated rings. The van der Waals surface area contributed by atoms with E-state index in [9.17, 15) is 9.90 Å². The minimum Gasteiger partial charge on any atom is -0.505 e. The SMILES string of the molecule is CN(C(=O)c1ncccc1O)C1CCNC1. The number of amides is 1. The van der Waals surface area contributed by atoms with Crippen molar-refractivity contribution >= 4 is 5.91 Å². The lowest BCUT2D eigenvalue weighted by molar-refractivity contribution is 0.0734. The van der Waals surface area contributed by atoms with Crippen LogP contribution in [0.5, 0.6) is 5.75 Å². The molecular formula is C11H15N3O2. The van der Waals surface area contributed by atoms with Gasteiger partial charge in [0, 0.05) is 25.8 Å². The van der Waals surface area contributed by atoms with Gasteiger partial charge in [0.15, 0.2) is 5.69 Å². The van der Waals surface area contributed by atoms with E-state index in [2.05, 4.69) is 10.3 Å². The van der Waals surface area contributed by atoms with E-state index in [1.165, 1.54) is 12.3 Å². The molecule has 1 unspecified atom stereocenters. The summed E-state index contributed by atoms with van der Waals surface area (Å²) in [7, 11) is 1.74. The first-order valence-electron chi connectivity index (χ1n) is 5.32. The quantitative estimate of drug-likeness (QED) is 0.750. The van der Waals surface area contributed by atoms with Gasteiger partial charge in [0.1, 0.15) is 5.75 Å². The Morgan fingerprint density at radius 1 is 1.69 bits per heavy atom. The highest BCUT2D eigenvalue weighted by atomic mass is 16.3. The van der Waals surface area contributed by atoms with Gasteiger partial charge in [-0.2, -0.15) is 0 Å². The summed E-state index contributed by atoms with van der Waals surface area (Å²) in [5.41, 5.74) is 0.122. The molecule has 1 aromatic heterocycles. The lowest BCUT2D eigenvalue weighted by Gasteiger charge is -2.23. The van der Waals surface area contributed by atoms with Crippen LogP contribution in [0.15, 0.2) is 18.3 Å². The number of pyridine rings is 1. The summed E-state index contributed by atoms with van der Waals surface area (Å²) < 4.78 is 0. The molecule has 2 N–H and O–H groups in total. The average molecular weight is 221 g/mol. The van der Waals surface area contributed by atoms with Crippen LogP contribution in [0.1, 0.15) is 16.9 Å². The van der Waals surface area contributed by atoms with Gasteiger partial charge in [-0.05, 0) is 25.1 Å². The van der Waals surface area contributed by atoms with Crippen molar-refractivity contribution in [2.45, 2.75) is 12.5 Å². The minimum atomic E-state index is -0.230. The molecule has 0 radical (unpaired) electrons. The van der Waals surface area contributed by atoms with E-state index >= 15 is 0 Å². The molecule has 1 aromatic rings. The van der Waals surface area contributed by atoms with Gasteiger partial charge in [0.2, 0.25) is 0 Å². The van der Waals surface area contributed by atoms with E-state index in [1.807, 2.05) is 0 Å². The number of nitrogens with one attached hydrogen (secondary N) is 1. The summed E-state index contributed by atoms with van der Waals surface area (Å²) >= 11 is 0. The van der Waals surface area contributed by atoms with E-state index in [1.54, 1.807) is 18.0 Å². The van der Waals surface area contributed by atoms with Crippen molar-refractivity contribution in [3.63, 3.8) is 0 Å². The number of likely N-dealkylation sites (N-methyl/N-ethyl adjacent to an activating group) is 1. The zero-order chi connectivity index (χ0) is 11.5. The van der Waals surface area contributed by atoms with Crippen molar-refractivity contribution in [3.05, 3.63) is 24.0 Å². The summed E-state index contributed by atoms with van der Waals surface area (Å²) in [5, 5.41) is 12.7. The van der Waals surface area contributed by atoms with Crippen LogP contribution in [-0.2, 0) is 0 Å². The Bertz CT molecular complexity index is 389. The van der Waals surface area contributed by atoms with Crippen LogP contribution in [0.2, 0.25) is 0 Å². The number of hydrogen-bond donors (Lipinski definition) is 2. The molecule has 1 aliphatic heterocycles. The fourth-order valence-corrected chi connectivity index (χ4v) is 1.86. The van der Waals surface area contributed by atoms with Crippen molar-refractivity contribution in [2.24, 2.45) is 0 Å². The lowest BCUT2D eigenvalue weighted by Crippen LogP contribution is -2.38. The molecule has 0 bridgehead atoms. The fraction of sp³-hybridized carbons (Fsp3) is 0.455. The van der Waals surface area contributed by atoms with Crippen LogP contribution in [0, 0.1) is 0 Å². The van der Waals surface area contributed by atoms with Gasteiger partial charge in [-0.25, -0.2) is 4.98 Å². The molecular weight excluding hydrogens is 206 g/mol. The summed E-state index contributed by atoms with van der Waals surface area (Å²) in [6, 6.07) is 3.26. The van der Waals surface area contributed by atoms with Crippen molar-refractivity contribution in [1.82, 2.24) is 15.2 Å². The first kappa shape index (κ1) is 10.9. The van der Waals surface area contributed by atoms with Crippen LogP contribution in [-0.4, -0.2) is 47.1 Å². The zero-order valence-corrected chi connectivity index (χ0v) is 9.18. The molecule has 0 aliphatic carbocycles. The molecule has 1 atom stereocenters. The van der Waals surface area contributed by atoms with Crippen LogP contribution < -0.4 is 5.32 Å². The summed E-state index contributed by atoms with van der Waals surface area (Å²) in [5.74, 6) is -0.294. The van der Waals surface area contributed by atoms with Crippen molar-refractivity contribution < 1.29 is 9.90 Å². The first-order chi connectivity index (χ1) is 7.70. The maximum Gasteiger partial charge on any atom is 0.276 e. The number of aromatic hydroxyl groups is 1. The van der Waals surface area contributed by atoms with Crippen LogP contribution in [0.4, 0.5) is 0 Å². The highest BCUT2D eigenvalue weighted by molar-refractivity contribution is 5.94. The molecule has 0 spiro atoms. The Labute approximate surface area is 94.1 Å². The molecule has 2 rings (SSSR count). The highest BCUT2D eigenvalue weighted by Gasteiger charge is 2.26.